The maximum atomic E-state index is 9.59. The van der Waals surface area contributed by atoms with Gasteiger partial charge in [-0.25, -0.2) is 0 Å². The second-order valence-electron chi connectivity index (χ2n) is 9.26. The van der Waals surface area contributed by atoms with Gasteiger partial charge in [-0.15, -0.1) is 11.3 Å². The first-order chi connectivity index (χ1) is 32.2. The third-order valence-electron chi connectivity index (χ3n) is 6.89. The lowest BCUT2D eigenvalue weighted by atomic mass is 9.85. The van der Waals surface area contributed by atoms with Crippen LogP contribution in [0.1, 0.15) is 35.6 Å². The minimum absolute atomic E-state index is 0.0858. The van der Waals surface area contributed by atoms with Gasteiger partial charge in [-0.2, -0.15) is 0 Å². The average molecular weight is 589 g/mol. The Kier molecular flexibility index (Phi) is 2.23. The van der Waals surface area contributed by atoms with Crippen molar-refractivity contribution < 1.29 is 35.6 Å². The van der Waals surface area contributed by atoms with Crippen molar-refractivity contribution in [2.24, 2.45) is 0 Å². The molecule has 0 unspecified atom stereocenters. The molecule has 0 radical (unpaired) electrons. The Labute approximate surface area is 290 Å². The van der Waals surface area contributed by atoms with Gasteiger partial charge in [-0.3, -0.25) is 0 Å². The zero-order valence-corrected chi connectivity index (χ0v) is 22.2. The van der Waals surface area contributed by atoms with Crippen molar-refractivity contribution in [3.63, 3.8) is 0 Å². The molecule has 0 saturated heterocycles. The van der Waals surface area contributed by atoms with Crippen LogP contribution in [0.25, 0.3) is 85.9 Å². The zero-order chi connectivity index (χ0) is 51.0. The summed E-state index contributed by atoms with van der Waals surface area (Å²) in [5.41, 5.74) is -4.27. The monoisotopic (exact) mass is 588 g/mol. The van der Waals surface area contributed by atoms with E-state index in [2.05, 4.69) is 0 Å². The number of benzene rings is 8. The van der Waals surface area contributed by atoms with Crippen molar-refractivity contribution in [2.45, 2.75) is 0 Å². The minimum atomic E-state index is -1.05. The van der Waals surface area contributed by atoms with Crippen molar-refractivity contribution >= 4 is 63.8 Å². The summed E-state index contributed by atoms with van der Waals surface area (Å²) in [4.78, 5) is 0. The molecule has 0 saturated carbocycles. The summed E-state index contributed by atoms with van der Waals surface area (Å²) in [7, 11) is 0. The number of fused-ring (bicyclic) bond motifs is 6. The van der Waals surface area contributed by atoms with Crippen LogP contribution in [-0.2, 0) is 0 Å². The second kappa shape index (κ2) is 9.66. The molecule has 1 heterocycles. The smallest absolute Gasteiger partial charge is 0.0644 e. The van der Waals surface area contributed by atoms with E-state index in [4.69, 9.17) is 20.6 Å². The molecule has 0 aliphatic carbocycles. The molecule has 0 atom stereocenters. The lowest BCUT2D eigenvalue weighted by Gasteiger charge is -2.18. The molecule has 1 aromatic heterocycles. The maximum Gasteiger partial charge on any atom is 0.0644 e. The first-order valence-corrected chi connectivity index (χ1v) is 13.5. The van der Waals surface area contributed by atoms with Crippen LogP contribution in [0.15, 0.2) is 157 Å². The quantitative estimate of drug-likeness (QED) is 0.180. The van der Waals surface area contributed by atoms with Gasteiger partial charge in [-0.1, -0.05) is 139 Å². The topological polar surface area (TPSA) is 0 Å². The molecule has 0 aliphatic rings. The fraction of sp³-hybridized carbons (Fsp3) is 0. The van der Waals surface area contributed by atoms with Crippen LogP contribution in [-0.4, -0.2) is 0 Å². The molecule has 0 spiro atoms. The van der Waals surface area contributed by atoms with Gasteiger partial charge in [-0.05, 0) is 83.8 Å². The van der Waals surface area contributed by atoms with Gasteiger partial charge < -0.3 is 0 Å². The van der Waals surface area contributed by atoms with E-state index in [-0.39, 0.29) is 20.2 Å². The molecule has 0 bridgehead atoms. The molecular weight excluding hydrogens is 537 g/mol. The Bertz CT molecular complexity index is 3860. The van der Waals surface area contributed by atoms with Gasteiger partial charge in [0.25, 0.3) is 0 Å². The number of thiophene rings is 1. The average Bonchev–Trinajstić information content (AvgIpc) is 3.73. The largest absolute Gasteiger partial charge is 0.135 e. The molecule has 0 fully saturated rings. The third-order valence-corrected chi connectivity index (χ3v) is 7.91. The summed E-state index contributed by atoms with van der Waals surface area (Å²) in [6.45, 7) is 0. The van der Waals surface area contributed by atoms with Crippen molar-refractivity contribution in [2.75, 3.05) is 0 Å². The minimum Gasteiger partial charge on any atom is -0.135 e. The highest BCUT2D eigenvalue weighted by atomic mass is 32.1. The fourth-order valence-corrected chi connectivity index (χ4v) is 5.99. The first-order valence-electron chi connectivity index (χ1n) is 25.7. The normalized spacial score (nSPS) is 20.2. The molecule has 200 valence electrons. The molecule has 0 N–H and O–H groups in total. The van der Waals surface area contributed by atoms with Crippen LogP contribution in [0.5, 0.6) is 0 Å². The highest BCUT2D eigenvalue weighted by Crippen LogP contribution is 2.45. The number of rotatable bonds is 3. The summed E-state index contributed by atoms with van der Waals surface area (Å²) < 4.78 is 232. The Morgan fingerprint density at radius 3 is 1.51 bits per heavy atom. The first kappa shape index (κ1) is 9.91. The summed E-state index contributed by atoms with van der Waals surface area (Å²) in [6.07, 6.45) is 0. The standard InChI is InChI=1S/C42H26S/c1-2-10-30-25-31(22-19-27(30)9-1)28-17-20-29(21-18-28)41-35-12-3-5-14-37(35)42(38-15-6-4-13-36(38)41)32-23-24-34-33-11-7-8-16-39(33)43-40(34)26-32/h1-26H/i1D,2D,3D,4D,5D,6D,7D,8D,9D,10D,11D,12D,13D,14D,15D,16D,17D,18D,19D,20D,21D,22D,23D,24D,25D,26D. The summed E-state index contributed by atoms with van der Waals surface area (Å²) in [6, 6.07) is -22.0. The van der Waals surface area contributed by atoms with Gasteiger partial charge in [0.1, 0.15) is 0 Å². The van der Waals surface area contributed by atoms with Gasteiger partial charge in [0, 0.05) is 20.2 Å². The van der Waals surface area contributed by atoms with Crippen LogP contribution in [0, 0.1) is 0 Å². The van der Waals surface area contributed by atoms with Crippen molar-refractivity contribution in [1.82, 2.24) is 0 Å². The lowest BCUT2D eigenvalue weighted by molar-refractivity contribution is 1.63. The second-order valence-corrected chi connectivity index (χ2v) is 10.3. The Morgan fingerprint density at radius 1 is 0.326 bits per heavy atom. The fourth-order valence-electron chi connectivity index (χ4n) is 5.02. The lowest BCUT2D eigenvalue weighted by Crippen LogP contribution is -1.91. The van der Waals surface area contributed by atoms with E-state index in [1.165, 1.54) is 0 Å². The summed E-state index contributed by atoms with van der Waals surface area (Å²) in [5.74, 6) is 0. The van der Waals surface area contributed by atoms with E-state index in [0.29, 0.717) is 11.3 Å². The van der Waals surface area contributed by atoms with Crippen LogP contribution in [0.2, 0.25) is 0 Å². The van der Waals surface area contributed by atoms with Crippen LogP contribution in [0.3, 0.4) is 0 Å². The van der Waals surface area contributed by atoms with Gasteiger partial charge >= 0.3 is 0 Å². The molecule has 9 aromatic rings. The zero-order valence-electron chi connectivity index (χ0n) is 47.4. The molecule has 0 nitrogen and oxygen atoms in total. The molecule has 8 aromatic carbocycles. The predicted octanol–water partition coefficient (Wildman–Crippen LogP) is 12.5. The Hall–Kier alpha value is -5.24. The van der Waals surface area contributed by atoms with Crippen molar-refractivity contribution in [3.05, 3.63) is 157 Å². The molecule has 1 heteroatoms. The van der Waals surface area contributed by atoms with E-state index in [1.807, 2.05) is 0 Å². The van der Waals surface area contributed by atoms with Crippen molar-refractivity contribution in [1.29, 1.82) is 0 Å². The van der Waals surface area contributed by atoms with Gasteiger partial charge in [0.15, 0.2) is 0 Å². The Morgan fingerprint density at radius 2 is 0.814 bits per heavy atom. The summed E-state index contributed by atoms with van der Waals surface area (Å²) in [5, 5.41) is -4.14. The van der Waals surface area contributed by atoms with Crippen LogP contribution in [0.4, 0.5) is 0 Å². The van der Waals surface area contributed by atoms with E-state index in [0.717, 1.165) is 0 Å². The van der Waals surface area contributed by atoms with Gasteiger partial charge in [0.05, 0.1) is 35.6 Å². The molecule has 0 aliphatic heterocycles. The summed E-state index contributed by atoms with van der Waals surface area (Å²) >= 11 is 0.662. The van der Waals surface area contributed by atoms with E-state index in [1.54, 1.807) is 0 Å². The molecule has 43 heavy (non-hydrogen) atoms. The number of hydrogen-bond donors (Lipinski definition) is 0. The van der Waals surface area contributed by atoms with E-state index in [9.17, 15) is 15.1 Å². The Balaban J connectivity index is 1.52. The van der Waals surface area contributed by atoms with Crippen LogP contribution < -0.4 is 0 Å². The third kappa shape index (κ3) is 3.90. The highest BCUT2D eigenvalue weighted by Gasteiger charge is 2.17. The van der Waals surface area contributed by atoms with E-state index >= 15 is 0 Å². The van der Waals surface area contributed by atoms with Gasteiger partial charge in [0.2, 0.25) is 0 Å². The maximum absolute atomic E-state index is 9.59. The van der Waals surface area contributed by atoms with Crippen LogP contribution >= 0.6 is 11.3 Å². The SMILES string of the molecule is [2H]c1c([2H])c(-c2c3c([2H])c([2H])c([2H])c([2H])c3c(-c3c([2H])c([2H])c4c(sc5c([2H])c([2H])c([2H])c([2H])c54)c3[2H])c3c([2H])c([2H])c([2H])c([2H])c23)c([2H])c([2H])c1-c1c([2H])c([2H])c2c([2H])c([2H])c([2H])c([2H])c2c1[2H]. The highest BCUT2D eigenvalue weighted by molar-refractivity contribution is 7.25. The predicted molar refractivity (Wildman–Crippen MR) is 188 cm³/mol. The number of hydrogen-bond acceptors (Lipinski definition) is 1. The molecule has 9 rings (SSSR count). The van der Waals surface area contributed by atoms with E-state index < -0.39 is 223 Å². The van der Waals surface area contributed by atoms with Crippen molar-refractivity contribution in [3.8, 4) is 33.4 Å². The molecular formula is C42H26S. The molecule has 0 amide bonds.